The highest BCUT2D eigenvalue weighted by Gasteiger charge is 2.38. The molecule has 0 amide bonds. The lowest BCUT2D eigenvalue weighted by atomic mass is 9.70. The Bertz CT molecular complexity index is 177. The predicted octanol–water partition coefficient (Wildman–Crippen LogP) is 1.80. The summed E-state index contributed by atoms with van der Waals surface area (Å²) in [6.07, 6.45) is 4.34. The maximum atomic E-state index is 5.26. The molecular formula is C11H21NO. The van der Waals surface area contributed by atoms with Crippen molar-refractivity contribution in [3.05, 3.63) is 0 Å². The summed E-state index contributed by atoms with van der Waals surface area (Å²) in [5.41, 5.74) is 0. The second-order valence-electron chi connectivity index (χ2n) is 4.87. The molecule has 0 aromatic rings. The zero-order valence-electron chi connectivity index (χ0n) is 8.92. The largest absolute Gasteiger partial charge is 0.381 e. The first-order valence-corrected chi connectivity index (χ1v) is 5.49. The minimum atomic E-state index is 0.533. The molecule has 13 heavy (non-hydrogen) atoms. The Morgan fingerprint density at radius 3 is 2.31 bits per heavy atom. The first-order chi connectivity index (χ1) is 6.20. The topological polar surface area (TPSA) is 21.3 Å². The zero-order valence-corrected chi connectivity index (χ0v) is 8.92. The molecule has 2 aliphatic carbocycles. The van der Waals surface area contributed by atoms with E-state index in [1.165, 1.54) is 19.3 Å². The standard InChI is InChI=1S/C11H21NO/c1-7-4-11(8(7)2)12-9-5-10(6-9)13-3/h7-12H,4-6H2,1-3H3. The third-order valence-corrected chi connectivity index (χ3v) is 4.04. The SMILES string of the molecule is COC1CC(NC2CC(C)C2C)C1. The Hall–Kier alpha value is -0.0800. The van der Waals surface area contributed by atoms with Crippen LogP contribution >= 0.6 is 0 Å². The van der Waals surface area contributed by atoms with Crippen LogP contribution in [0.3, 0.4) is 0 Å². The van der Waals surface area contributed by atoms with Crippen molar-refractivity contribution in [2.75, 3.05) is 7.11 Å². The normalized spacial score (nSPS) is 49.6. The fourth-order valence-corrected chi connectivity index (χ4v) is 2.45. The molecule has 0 saturated heterocycles. The summed E-state index contributed by atoms with van der Waals surface area (Å²) in [6, 6.07) is 1.53. The van der Waals surface area contributed by atoms with E-state index in [-0.39, 0.29) is 0 Å². The van der Waals surface area contributed by atoms with Crippen molar-refractivity contribution in [3.63, 3.8) is 0 Å². The molecule has 2 rings (SSSR count). The van der Waals surface area contributed by atoms with Gasteiger partial charge in [-0.05, 0) is 31.1 Å². The number of ether oxygens (including phenoxy) is 1. The van der Waals surface area contributed by atoms with E-state index in [9.17, 15) is 0 Å². The molecule has 2 saturated carbocycles. The van der Waals surface area contributed by atoms with Gasteiger partial charge in [0.1, 0.15) is 0 Å². The summed E-state index contributed by atoms with van der Waals surface area (Å²) in [5, 5.41) is 3.72. The molecule has 0 aromatic carbocycles. The number of nitrogens with one attached hydrogen (secondary N) is 1. The molecule has 0 radical (unpaired) electrons. The maximum absolute atomic E-state index is 5.26. The zero-order chi connectivity index (χ0) is 9.42. The number of hydrogen-bond donors (Lipinski definition) is 1. The highest BCUT2D eigenvalue weighted by molar-refractivity contribution is 4.95. The van der Waals surface area contributed by atoms with Gasteiger partial charge in [-0.1, -0.05) is 13.8 Å². The van der Waals surface area contributed by atoms with Gasteiger partial charge in [-0.3, -0.25) is 0 Å². The first-order valence-electron chi connectivity index (χ1n) is 5.49. The van der Waals surface area contributed by atoms with Crippen molar-refractivity contribution >= 4 is 0 Å². The van der Waals surface area contributed by atoms with Crippen LogP contribution in [0.1, 0.15) is 33.1 Å². The highest BCUT2D eigenvalue weighted by Crippen LogP contribution is 2.35. The molecule has 0 spiro atoms. The van der Waals surface area contributed by atoms with Gasteiger partial charge in [-0.15, -0.1) is 0 Å². The van der Waals surface area contributed by atoms with E-state index < -0.39 is 0 Å². The summed E-state index contributed by atoms with van der Waals surface area (Å²) < 4.78 is 5.26. The second kappa shape index (κ2) is 3.58. The van der Waals surface area contributed by atoms with Gasteiger partial charge < -0.3 is 10.1 Å². The van der Waals surface area contributed by atoms with Crippen LogP contribution in [0.15, 0.2) is 0 Å². The van der Waals surface area contributed by atoms with Gasteiger partial charge in [0.05, 0.1) is 6.10 Å². The molecular weight excluding hydrogens is 162 g/mol. The molecule has 0 aliphatic heterocycles. The van der Waals surface area contributed by atoms with E-state index in [0.717, 1.165) is 23.9 Å². The monoisotopic (exact) mass is 183 g/mol. The van der Waals surface area contributed by atoms with Gasteiger partial charge in [-0.2, -0.15) is 0 Å². The molecule has 0 aromatic heterocycles. The van der Waals surface area contributed by atoms with Crippen LogP contribution in [0.2, 0.25) is 0 Å². The van der Waals surface area contributed by atoms with E-state index in [1.54, 1.807) is 0 Å². The van der Waals surface area contributed by atoms with Gasteiger partial charge in [0.2, 0.25) is 0 Å². The molecule has 1 N–H and O–H groups in total. The van der Waals surface area contributed by atoms with Crippen molar-refractivity contribution < 1.29 is 4.74 Å². The molecule has 2 fully saturated rings. The van der Waals surface area contributed by atoms with Crippen molar-refractivity contribution in [2.45, 2.75) is 51.3 Å². The average Bonchev–Trinajstić information content (AvgIpc) is 2.07. The molecule has 76 valence electrons. The summed E-state index contributed by atoms with van der Waals surface area (Å²) in [7, 11) is 1.81. The fraction of sp³-hybridized carbons (Fsp3) is 1.00. The van der Waals surface area contributed by atoms with Crippen molar-refractivity contribution in [1.29, 1.82) is 0 Å². The van der Waals surface area contributed by atoms with Gasteiger partial charge in [0, 0.05) is 19.2 Å². The van der Waals surface area contributed by atoms with E-state index >= 15 is 0 Å². The Morgan fingerprint density at radius 1 is 1.15 bits per heavy atom. The van der Waals surface area contributed by atoms with Crippen LogP contribution in [0, 0.1) is 11.8 Å². The van der Waals surface area contributed by atoms with E-state index in [0.29, 0.717) is 6.10 Å². The third-order valence-electron chi connectivity index (χ3n) is 4.04. The van der Waals surface area contributed by atoms with Crippen LogP contribution in [-0.4, -0.2) is 25.3 Å². The molecule has 0 bridgehead atoms. The second-order valence-corrected chi connectivity index (χ2v) is 4.87. The van der Waals surface area contributed by atoms with E-state index in [1.807, 2.05) is 7.11 Å². The van der Waals surface area contributed by atoms with Crippen LogP contribution in [0.4, 0.5) is 0 Å². The minimum absolute atomic E-state index is 0.533. The van der Waals surface area contributed by atoms with E-state index in [2.05, 4.69) is 19.2 Å². The predicted molar refractivity (Wildman–Crippen MR) is 53.7 cm³/mol. The van der Waals surface area contributed by atoms with Crippen molar-refractivity contribution in [3.8, 4) is 0 Å². The lowest BCUT2D eigenvalue weighted by Crippen LogP contribution is -2.56. The third kappa shape index (κ3) is 1.75. The molecule has 0 heterocycles. The Kier molecular flexibility index (Phi) is 2.61. The summed E-state index contributed by atoms with van der Waals surface area (Å²) in [4.78, 5) is 0. The summed E-state index contributed by atoms with van der Waals surface area (Å²) in [5.74, 6) is 1.80. The number of methoxy groups -OCH3 is 1. The smallest absolute Gasteiger partial charge is 0.0601 e. The minimum Gasteiger partial charge on any atom is -0.381 e. The molecule has 2 aliphatic rings. The Balaban J connectivity index is 1.65. The average molecular weight is 183 g/mol. The van der Waals surface area contributed by atoms with Gasteiger partial charge in [-0.25, -0.2) is 0 Å². The Labute approximate surface area is 81.0 Å². The number of rotatable bonds is 3. The van der Waals surface area contributed by atoms with E-state index in [4.69, 9.17) is 4.74 Å². The van der Waals surface area contributed by atoms with Gasteiger partial charge >= 0.3 is 0 Å². The van der Waals surface area contributed by atoms with Crippen LogP contribution in [0.25, 0.3) is 0 Å². The van der Waals surface area contributed by atoms with Crippen LogP contribution in [0.5, 0.6) is 0 Å². The lowest BCUT2D eigenvalue weighted by molar-refractivity contribution is 0.000704. The van der Waals surface area contributed by atoms with Gasteiger partial charge in [0.15, 0.2) is 0 Å². The summed E-state index contributed by atoms with van der Waals surface area (Å²) in [6.45, 7) is 4.71. The lowest BCUT2D eigenvalue weighted by Gasteiger charge is -2.46. The van der Waals surface area contributed by atoms with Crippen LogP contribution < -0.4 is 5.32 Å². The molecule has 3 unspecified atom stereocenters. The maximum Gasteiger partial charge on any atom is 0.0601 e. The first kappa shape index (κ1) is 9.47. The van der Waals surface area contributed by atoms with Crippen molar-refractivity contribution in [1.82, 2.24) is 5.32 Å². The molecule has 3 atom stereocenters. The summed E-state index contributed by atoms with van der Waals surface area (Å²) >= 11 is 0. The molecule has 2 nitrogen and oxygen atoms in total. The van der Waals surface area contributed by atoms with Crippen molar-refractivity contribution in [2.24, 2.45) is 11.8 Å². The van der Waals surface area contributed by atoms with Gasteiger partial charge in [0.25, 0.3) is 0 Å². The number of hydrogen-bond acceptors (Lipinski definition) is 2. The fourth-order valence-electron chi connectivity index (χ4n) is 2.45. The molecule has 2 heteroatoms. The van der Waals surface area contributed by atoms with Crippen LogP contribution in [-0.2, 0) is 4.74 Å². The quantitative estimate of drug-likeness (QED) is 0.720. The highest BCUT2D eigenvalue weighted by atomic mass is 16.5. The Morgan fingerprint density at radius 2 is 1.85 bits per heavy atom.